The van der Waals surface area contributed by atoms with Gasteiger partial charge in [-0.15, -0.1) is 16.2 Å². The standard InChI is InChI=1S/C27H21N3O4S/c1-2-14-33-27(31)25(19-7-4-3-5-8-19)34-26-22(17-28)21(18-10-12-20(30-32)13-11-18)16-23(29-26)24-9-6-15-35-24/h2-13,15-17,25,28H,1,14H2. The van der Waals surface area contributed by atoms with Crippen LogP contribution in [-0.4, -0.2) is 23.8 Å². The molecule has 0 spiro atoms. The number of ether oxygens (including phenoxy) is 2. The van der Waals surface area contributed by atoms with Gasteiger partial charge in [0, 0.05) is 11.8 Å². The summed E-state index contributed by atoms with van der Waals surface area (Å²) in [4.78, 5) is 29.4. The quantitative estimate of drug-likeness (QED) is 0.117. The number of benzene rings is 2. The van der Waals surface area contributed by atoms with E-state index in [1.165, 1.54) is 17.4 Å². The van der Waals surface area contributed by atoms with E-state index < -0.39 is 12.1 Å². The highest BCUT2D eigenvalue weighted by atomic mass is 32.1. The van der Waals surface area contributed by atoms with Crippen LogP contribution in [0.5, 0.6) is 5.88 Å². The summed E-state index contributed by atoms with van der Waals surface area (Å²) in [7, 11) is 0. The van der Waals surface area contributed by atoms with Gasteiger partial charge in [-0.1, -0.05) is 61.2 Å². The van der Waals surface area contributed by atoms with E-state index in [4.69, 9.17) is 14.9 Å². The summed E-state index contributed by atoms with van der Waals surface area (Å²) in [5.41, 5.74) is 3.30. The maximum atomic E-state index is 12.9. The highest BCUT2D eigenvalue weighted by Gasteiger charge is 2.27. The number of nitroso groups, excluding NO2 is 1. The van der Waals surface area contributed by atoms with Gasteiger partial charge in [0.25, 0.3) is 0 Å². The van der Waals surface area contributed by atoms with E-state index in [-0.39, 0.29) is 12.5 Å². The Labute approximate surface area is 206 Å². The zero-order valence-corrected chi connectivity index (χ0v) is 19.4. The SMILES string of the molecule is C=CCOC(=O)C(Oc1nc(-c2cccs2)cc(-c2ccc(N=O)cc2)c1C=N)c1ccccc1. The number of thiophene rings is 1. The number of nitrogens with one attached hydrogen (secondary N) is 1. The van der Waals surface area contributed by atoms with E-state index in [1.54, 1.807) is 48.5 Å². The molecule has 174 valence electrons. The van der Waals surface area contributed by atoms with E-state index >= 15 is 0 Å². The lowest BCUT2D eigenvalue weighted by molar-refractivity contribution is -0.151. The number of hydrogen-bond donors (Lipinski definition) is 1. The van der Waals surface area contributed by atoms with Crippen LogP contribution in [-0.2, 0) is 9.53 Å². The first-order valence-corrected chi connectivity index (χ1v) is 11.5. The minimum atomic E-state index is -1.10. The highest BCUT2D eigenvalue weighted by molar-refractivity contribution is 7.13. The topological polar surface area (TPSA) is 102 Å². The molecule has 0 saturated heterocycles. The third-order valence-electron chi connectivity index (χ3n) is 5.11. The average Bonchev–Trinajstić information content (AvgIpc) is 3.45. The largest absolute Gasteiger partial charge is 0.458 e. The fourth-order valence-electron chi connectivity index (χ4n) is 3.46. The molecular formula is C27H21N3O4S. The molecule has 1 unspecified atom stereocenters. The molecule has 4 rings (SSSR count). The van der Waals surface area contributed by atoms with Gasteiger partial charge in [0.2, 0.25) is 12.0 Å². The molecule has 0 aliphatic heterocycles. The number of pyridine rings is 1. The molecule has 0 aliphatic carbocycles. The number of aromatic nitrogens is 1. The monoisotopic (exact) mass is 483 g/mol. The molecular weight excluding hydrogens is 462 g/mol. The number of carbonyl (C=O) groups excluding carboxylic acids is 1. The number of hydrogen-bond acceptors (Lipinski definition) is 8. The molecule has 2 heterocycles. The van der Waals surface area contributed by atoms with Crippen molar-refractivity contribution in [3.63, 3.8) is 0 Å². The zero-order valence-electron chi connectivity index (χ0n) is 18.6. The van der Waals surface area contributed by atoms with Crippen LogP contribution in [0.2, 0.25) is 0 Å². The molecule has 2 aromatic heterocycles. The lowest BCUT2D eigenvalue weighted by Gasteiger charge is -2.20. The third kappa shape index (κ3) is 5.39. The second kappa shape index (κ2) is 11.1. The Morgan fingerprint density at radius 2 is 1.89 bits per heavy atom. The van der Waals surface area contributed by atoms with Crippen LogP contribution in [0.15, 0.2) is 96.0 Å². The van der Waals surface area contributed by atoms with Crippen molar-refractivity contribution in [2.75, 3.05) is 6.61 Å². The zero-order chi connectivity index (χ0) is 24.6. The van der Waals surface area contributed by atoms with Gasteiger partial charge < -0.3 is 14.9 Å². The van der Waals surface area contributed by atoms with Gasteiger partial charge in [-0.3, -0.25) is 0 Å². The van der Waals surface area contributed by atoms with Crippen LogP contribution in [0.3, 0.4) is 0 Å². The molecule has 0 bridgehead atoms. The number of nitrogens with zero attached hydrogens (tertiary/aromatic N) is 2. The van der Waals surface area contributed by atoms with Crippen LogP contribution in [0, 0.1) is 10.3 Å². The van der Waals surface area contributed by atoms with E-state index in [2.05, 4.69) is 16.7 Å². The molecule has 4 aromatic rings. The first kappa shape index (κ1) is 23.7. The van der Waals surface area contributed by atoms with Crippen LogP contribution in [0.4, 0.5) is 5.69 Å². The van der Waals surface area contributed by atoms with Crippen LogP contribution < -0.4 is 4.74 Å². The second-order valence-corrected chi connectivity index (χ2v) is 8.31. The number of rotatable bonds is 10. The normalized spacial score (nSPS) is 11.3. The number of carbonyl (C=O) groups is 1. The predicted octanol–water partition coefficient (Wildman–Crippen LogP) is 6.72. The summed E-state index contributed by atoms with van der Waals surface area (Å²) >= 11 is 1.51. The minimum absolute atomic E-state index is 0.0357. The van der Waals surface area contributed by atoms with Crippen molar-refractivity contribution in [2.24, 2.45) is 5.18 Å². The summed E-state index contributed by atoms with van der Waals surface area (Å²) < 4.78 is 11.5. The molecule has 1 N–H and O–H groups in total. The summed E-state index contributed by atoms with van der Waals surface area (Å²) in [6.07, 6.45) is 1.52. The molecule has 2 aromatic carbocycles. The van der Waals surface area contributed by atoms with Crippen molar-refractivity contribution >= 4 is 29.2 Å². The summed E-state index contributed by atoms with van der Waals surface area (Å²) in [5.74, 6) is -0.485. The Morgan fingerprint density at radius 3 is 2.51 bits per heavy atom. The highest BCUT2D eigenvalue weighted by Crippen LogP contribution is 2.36. The second-order valence-electron chi connectivity index (χ2n) is 7.36. The van der Waals surface area contributed by atoms with Crippen molar-refractivity contribution in [1.29, 1.82) is 5.41 Å². The van der Waals surface area contributed by atoms with Crippen LogP contribution in [0.25, 0.3) is 21.7 Å². The van der Waals surface area contributed by atoms with Gasteiger partial charge in [0.1, 0.15) is 12.3 Å². The fraction of sp³-hybridized carbons (Fsp3) is 0.0741. The van der Waals surface area contributed by atoms with Gasteiger partial charge in [-0.2, -0.15) is 0 Å². The average molecular weight is 484 g/mol. The van der Waals surface area contributed by atoms with Crippen molar-refractivity contribution in [2.45, 2.75) is 6.10 Å². The first-order valence-electron chi connectivity index (χ1n) is 10.7. The Balaban J connectivity index is 1.86. The smallest absolute Gasteiger partial charge is 0.352 e. The third-order valence-corrected chi connectivity index (χ3v) is 6.01. The summed E-state index contributed by atoms with van der Waals surface area (Å²) in [6, 6.07) is 21.3. The van der Waals surface area contributed by atoms with Crippen molar-refractivity contribution < 1.29 is 14.3 Å². The van der Waals surface area contributed by atoms with Crippen molar-refractivity contribution in [3.8, 4) is 27.6 Å². The molecule has 35 heavy (non-hydrogen) atoms. The molecule has 0 saturated carbocycles. The van der Waals surface area contributed by atoms with E-state index in [9.17, 15) is 9.70 Å². The first-order chi connectivity index (χ1) is 17.1. The van der Waals surface area contributed by atoms with E-state index in [0.29, 0.717) is 28.1 Å². The van der Waals surface area contributed by atoms with Gasteiger partial charge >= 0.3 is 5.97 Å². The molecule has 0 aliphatic rings. The van der Waals surface area contributed by atoms with Gasteiger partial charge in [0.05, 0.1) is 16.1 Å². The molecule has 7 nitrogen and oxygen atoms in total. The van der Waals surface area contributed by atoms with E-state index in [1.807, 2.05) is 29.6 Å². The fourth-order valence-corrected chi connectivity index (χ4v) is 4.15. The van der Waals surface area contributed by atoms with Gasteiger partial charge in [-0.05, 0) is 45.9 Å². The van der Waals surface area contributed by atoms with E-state index in [0.717, 1.165) is 16.7 Å². The molecule has 0 fully saturated rings. The summed E-state index contributed by atoms with van der Waals surface area (Å²) in [5, 5.41) is 13.0. The summed E-state index contributed by atoms with van der Waals surface area (Å²) in [6.45, 7) is 3.62. The Kier molecular flexibility index (Phi) is 7.54. The van der Waals surface area contributed by atoms with Gasteiger partial charge in [0.15, 0.2) is 0 Å². The Hall–Kier alpha value is -4.43. The lowest BCUT2D eigenvalue weighted by Crippen LogP contribution is -2.22. The molecule has 1 atom stereocenters. The van der Waals surface area contributed by atoms with Gasteiger partial charge in [-0.25, -0.2) is 9.78 Å². The lowest BCUT2D eigenvalue weighted by atomic mass is 9.99. The minimum Gasteiger partial charge on any atom is -0.458 e. The maximum Gasteiger partial charge on any atom is 0.352 e. The predicted molar refractivity (Wildman–Crippen MR) is 137 cm³/mol. The maximum absolute atomic E-state index is 12.9. The van der Waals surface area contributed by atoms with Crippen molar-refractivity contribution in [1.82, 2.24) is 4.98 Å². The molecule has 8 heteroatoms. The Bertz CT molecular complexity index is 1340. The Morgan fingerprint density at radius 1 is 1.11 bits per heavy atom. The van der Waals surface area contributed by atoms with Crippen LogP contribution in [0.1, 0.15) is 17.2 Å². The molecule has 0 radical (unpaired) electrons. The van der Waals surface area contributed by atoms with Crippen molar-refractivity contribution in [3.05, 3.63) is 107 Å². The number of esters is 1. The molecule has 0 amide bonds. The van der Waals surface area contributed by atoms with Crippen LogP contribution >= 0.6 is 11.3 Å².